The summed E-state index contributed by atoms with van der Waals surface area (Å²) in [5.41, 5.74) is 5.94. The number of imidazole rings is 1. The van der Waals surface area contributed by atoms with Crippen molar-refractivity contribution >= 4 is 5.91 Å². The van der Waals surface area contributed by atoms with Crippen LogP contribution < -0.4 is 5.73 Å². The molecule has 1 aliphatic heterocycles. The number of nitrogens with one attached hydrogen (secondary N) is 1. The van der Waals surface area contributed by atoms with Gasteiger partial charge in [0.2, 0.25) is 17.6 Å². The van der Waals surface area contributed by atoms with Gasteiger partial charge in [0.25, 0.3) is 0 Å². The predicted octanol–water partition coefficient (Wildman–Crippen LogP) is 3.14. The second kappa shape index (κ2) is 9.43. The molecule has 1 aliphatic carbocycles. The highest BCUT2D eigenvalue weighted by Crippen LogP contribution is 2.45. The molecule has 0 radical (unpaired) electrons. The smallest absolute Gasteiger partial charge is 0.332 e. The van der Waals surface area contributed by atoms with E-state index in [-0.39, 0.29) is 54.6 Å². The van der Waals surface area contributed by atoms with Gasteiger partial charge in [0, 0.05) is 31.6 Å². The van der Waals surface area contributed by atoms with Gasteiger partial charge in [-0.15, -0.1) is 10.2 Å². The highest BCUT2D eigenvalue weighted by Gasteiger charge is 2.45. The quantitative estimate of drug-likeness (QED) is 0.359. The van der Waals surface area contributed by atoms with E-state index in [1.54, 1.807) is 0 Å². The number of benzene rings is 1. The summed E-state index contributed by atoms with van der Waals surface area (Å²) in [6.07, 6.45) is -3.09. The van der Waals surface area contributed by atoms with Crippen molar-refractivity contribution in [2.24, 2.45) is 11.7 Å². The third-order valence-electron chi connectivity index (χ3n) is 6.66. The number of hydrogen-bond donors (Lipinski definition) is 2. The Bertz CT molecular complexity index is 1300. The summed E-state index contributed by atoms with van der Waals surface area (Å²) in [6.45, 7) is -0.199. The monoisotopic (exact) mass is 528 g/mol. The lowest BCUT2D eigenvalue weighted by Gasteiger charge is -2.38. The molecule has 1 aromatic carbocycles. The number of rotatable bonds is 7. The first-order valence-electron chi connectivity index (χ1n) is 11.6. The Labute approximate surface area is 206 Å². The van der Waals surface area contributed by atoms with E-state index in [1.807, 2.05) is 0 Å². The summed E-state index contributed by atoms with van der Waals surface area (Å²) in [5, 5.41) is 13.2. The number of nitrogens with zero attached hydrogens (tertiary/aromatic N) is 6. The normalized spacial score (nSPS) is 18.7. The number of hydrogen-bond acceptors (Lipinski definition) is 6. The molecule has 9 nitrogen and oxygen atoms in total. The van der Waals surface area contributed by atoms with Gasteiger partial charge in [-0.05, 0) is 35.6 Å². The number of fused-ring (bicyclic) bond motifs is 1. The van der Waals surface area contributed by atoms with Gasteiger partial charge in [-0.2, -0.15) is 18.4 Å². The molecule has 2 aliphatic rings. The first-order valence-corrected chi connectivity index (χ1v) is 11.6. The van der Waals surface area contributed by atoms with Crippen molar-refractivity contribution in [3.05, 3.63) is 46.7 Å². The number of alkyl halides is 3. The molecule has 1 saturated carbocycles. The van der Waals surface area contributed by atoms with E-state index < -0.39 is 47.4 Å². The number of carbonyl (C=O) groups excluding carboxylic acids is 1. The predicted molar refractivity (Wildman–Crippen MR) is 115 cm³/mol. The molecule has 5 rings (SSSR count). The number of aromatic amines is 1. The van der Waals surface area contributed by atoms with Crippen molar-refractivity contribution in [1.29, 1.82) is 0 Å². The van der Waals surface area contributed by atoms with E-state index in [1.165, 1.54) is 4.90 Å². The van der Waals surface area contributed by atoms with Gasteiger partial charge in [0.05, 0.1) is 11.7 Å². The van der Waals surface area contributed by atoms with Gasteiger partial charge in [-0.1, -0.05) is 12.8 Å². The zero-order valence-corrected chi connectivity index (χ0v) is 19.3. The van der Waals surface area contributed by atoms with Gasteiger partial charge in [-0.25, -0.2) is 18.2 Å². The second-order valence-corrected chi connectivity index (χ2v) is 9.36. The van der Waals surface area contributed by atoms with E-state index in [2.05, 4.69) is 25.6 Å². The van der Waals surface area contributed by atoms with Crippen LogP contribution in [0.2, 0.25) is 0 Å². The maximum atomic E-state index is 14.1. The van der Waals surface area contributed by atoms with E-state index >= 15 is 0 Å². The summed E-state index contributed by atoms with van der Waals surface area (Å²) >= 11 is 0. The van der Waals surface area contributed by atoms with Crippen LogP contribution in [0.25, 0.3) is 11.5 Å². The molecule has 3 aromatic rings. The maximum absolute atomic E-state index is 14.1. The number of carbonyl (C=O) groups is 1. The topological polar surface area (TPSA) is 119 Å². The van der Waals surface area contributed by atoms with Crippen molar-refractivity contribution in [1.82, 2.24) is 35.1 Å². The summed E-state index contributed by atoms with van der Waals surface area (Å²) < 4.78 is 83.4. The number of H-pyrrole nitrogens is 1. The Morgan fingerprint density at radius 2 is 1.86 bits per heavy atom. The van der Waals surface area contributed by atoms with E-state index in [4.69, 9.17) is 5.73 Å². The van der Waals surface area contributed by atoms with Gasteiger partial charge < -0.3 is 15.2 Å². The van der Waals surface area contributed by atoms with Crippen LogP contribution in [0.5, 0.6) is 0 Å². The molecule has 2 aromatic heterocycles. The van der Waals surface area contributed by atoms with E-state index in [9.17, 15) is 31.1 Å². The van der Waals surface area contributed by atoms with Crippen LogP contribution in [0.4, 0.5) is 26.3 Å². The molecule has 0 bridgehead atoms. The van der Waals surface area contributed by atoms with Crippen molar-refractivity contribution < 1.29 is 31.1 Å². The van der Waals surface area contributed by atoms with Crippen LogP contribution in [0, 0.1) is 23.4 Å². The minimum absolute atomic E-state index is 0.0272. The minimum atomic E-state index is -4.75. The Kier molecular flexibility index (Phi) is 6.41. The van der Waals surface area contributed by atoms with Gasteiger partial charge >= 0.3 is 6.18 Å². The standard InChI is InChI=1S/C22H22F6N8O/c23-13-9-15(25)14(24)7-11(13)6-12(29)8-17(37)35-3-4-36-19(16(35)5-10-1-2-10)18(20-31-33-34-32-20)30-21(36)22(26,27)28/h7,9-10,12,16H,1-6,8,29H2,(H,31,32,33,34)/t12-,16?/m1/s1. The number of amides is 1. The molecule has 1 amide bonds. The summed E-state index contributed by atoms with van der Waals surface area (Å²) in [6, 6.07) is -0.588. The average Bonchev–Trinajstić information content (AvgIpc) is 3.29. The van der Waals surface area contributed by atoms with E-state index in [0.717, 1.165) is 17.4 Å². The fourth-order valence-corrected chi connectivity index (χ4v) is 4.81. The zero-order chi connectivity index (χ0) is 26.5. The highest BCUT2D eigenvalue weighted by molar-refractivity contribution is 5.78. The number of halogens is 6. The lowest BCUT2D eigenvalue weighted by Crippen LogP contribution is -2.45. The number of aromatic nitrogens is 6. The Morgan fingerprint density at radius 1 is 1.14 bits per heavy atom. The van der Waals surface area contributed by atoms with Gasteiger partial charge in [0.15, 0.2) is 11.6 Å². The lowest BCUT2D eigenvalue weighted by molar-refractivity contribution is -0.148. The lowest BCUT2D eigenvalue weighted by atomic mass is 9.98. The van der Waals surface area contributed by atoms with Crippen LogP contribution in [0.3, 0.4) is 0 Å². The summed E-state index contributed by atoms with van der Waals surface area (Å²) in [7, 11) is 0. The molecule has 1 unspecified atom stereocenters. The molecule has 15 heteroatoms. The van der Waals surface area contributed by atoms with Gasteiger partial charge in [0.1, 0.15) is 11.5 Å². The molecule has 2 atom stereocenters. The first-order chi connectivity index (χ1) is 17.5. The van der Waals surface area contributed by atoms with Crippen LogP contribution >= 0.6 is 0 Å². The Balaban J connectivity index is 1.44. The Hall–Kier alpha value is -3.49. The largest absolute Gasteiger partial charge is 0.449 e. The van der Waals surface area contributed by atoms with E-state index in [0.29, 0.717) is 18.6 Å². The molecule has 3 N–H and O–H groups in total. The van der Waals surface area contributed by atoms with Crippen molar-refractivity contribution in [3.63, 3.8) is 0 Å². The highest BCUT2D eigenvalue weighted by atomic mass is 19.4. The van der Waals surface area contributed by atoms with Crippen molar-refractivity contribution in [2.45, 2.75) is 56.9 Å². The van der Waals surface area contributed by atoms with Crippen molar-refractivity contribution in [3.8, 4) is 11.5 Å². The summed E-state index contributed by atoms with van der Waals surface area (Å²) in [5.74, 6) is -5.03. The summed E-state index contributed by atoms with van der Waals surface area (Å²) in [4.78, 5) is 18.6. The number of tetrazole rings is 1. The molecule has 37 heavy (non-hydrogen) atoms. The van der Waals surface area contributed by atoms with Crippen LogP contribution in [-0.2, 0) is 23.9 Å². The molecular formula is C22H22F6N8O. The zero-order valence-electron chi connectivity index (χ0n) is 19.3. The first kappa shape index (κ1) is 25.2. The molecule has 1 fully saturated rings. The average molecular weight is 528 g/mol. The third-order valence-corrected chi connectivity index (χ3v) is 6.66. The molecule has 198 valence electrons. The molecule has 0 saturated heterocycles. The van der Waals surface area contributed by atoms with Crippen LogP contribution in [0.1, 0.15) is 48.8 Å². The SMILES string of the molecule is N[C@@H](CC(=O)N1CCn2c(C(F)(F)F)nc(-c3nn[nH]n3)c2C1CC1CC1)Cc1cc(F)c(F)cc1F. The molecule has 0 spiro atoms. The fourth-order valence-electron chi connectivity index (χ4n) is 4.81. The number of nitrogens with two attached hydrogens (primary N) is 1. The van der Waals surface area contributed by atoms with Crippen molar-refractivity contribution in [2.75, 3.05) is 6.54 Å². The maximum Gasteiger partial charge on any atom is 0.449 e. The fraction of sp³-hybridized carbons (Fsp3) is 0.500. The van der Waals surface area contributed by atoms with Gasteiger partial charge in [-0.3, -0.25) is 4.79 Å². The Morgan fingerprint density at radius 3 is 2.51 bits per heavy atom. The molecular weight excluding hydrogens is 506 g/mol. The van der Waals surface area contributed by atoms with Crippen LogP contribution in [-0.4, -0.2) is 53.6 Å². The molecule has 3 heterocycles. The third kappa shape index (κ3) is 5.04. The second-order valence-electron chi connectivity index (χ2n) is 9.36. The minimum Gasteiger partial charge on any atom is -0.332 e. The van der Waals surface area contributed by atoms with Crippen LogP contribution in [0.15, 0.2) is 12.1 Å².